The summed E-state index contributed by atoms with van der Waals surface area (Å²) in [7, 11) is 0. The van der Waals surface area contributed by atoms with Crippen LogP contribution in [0, 0.1) is 5.92 Å². The maximum absolute atomic E-state index is 11.9. The van der Waals surface area contributed by atoms with Crippen LogP contribution in [0.3, 0.4) is 0 Å². The number of carboxylic acid groups (broad SMARTS) is 1. The number of amides is 1. The first-order valence-corrected chi connectivity index (χ1v) is 7.72. The molecule has 0 aromatic heterocycles. The van der Waals surface area contributed by atoms with Crippen LogP contribution in [0.1, 0.15) is 57.8 Å². The van der Waals surface area contributed by atoms with E-state index in [0.29, 0.717) is 32.2 Å². The maximum atomic E-state index is 11.9. The smallest absolute Gasteiger partial charge is 0.303 e. The molecular formula is C15H25NO5. The Morgan fingerprint density at radius 2 is 1.81 bits per heavy atom. The van der Waals surface area contributed by atoms with E-state index in [9.17, 15) is 19.5 Å². The van der Waals surface area contributed by atoms with Crippen LogP contribution in [0.2, 0.25) is 0 Å². The lowest BCUT2D eigenvalue weighted by Crippen LogP contribution is -2.44. The third-order valence-electron chi connectivity index (χ3n) is 3.80. The Bertz CT molecular complexity index is 369. The second-order valence-corrected chi connectivity index (χ2v) is 5.61. The molecule has 6 heteroatoms. The summed E-state index contributed by atoms with van der Waals surface area (Å²) >= 11 is 0. The Morgan fingerprint density at radius 1 is 1.14 bits per heavy atom. The molecule has 120 valence electrons. The summed E-state index contributed by atoms with van der Waals surface area (Å²) in [6.45, 7) is 0.494. The van der Waals surface area contributed by atoms with Crippen molar-refractivity contribution in [2.75, 3.05) is 6.54 Å². The van der Waals surface area contributed by atoms with Gasteiger partial charge in [0.2, 0.25) is 5.91 Å². The van der Waals surface area contributed by atoms with Crippen LogP contribution >= 0.6 is 0 Å². The van der Waals surface area contributed by atoms with Gasteiger partial charge >= 0.3 is 5.97 Å². The summed E-state index contributed by atoms with van der Waals surface area (Å²) in [6.07, 6.45) is 5.11. The zero-order valence-electron chi connectivity index (χ0n) is 12.3. The zero-order valence-corrected chi connectivity index (χ0v) is 12.3. The fourth-order valence-corrected chi connectivity index (χ4v) is 2.60. The van der Waals surface area contributed by atoms with Gasteiger partial charge in [0.05, 0.1) is 6.10 Å². The predicted octanol–water partition coefficient (Wildman–Crippen LogP) is 1.26. The number of carbonyl (C=O) groups is 3. The summed E-state index contributed by atoms with van der Waals surface area (Å²) in [5.41, 5.74) is 0. The topological polar surface area (TPSA) is 104 Å². The highest BCUT2D eigenvalue weighted by Crippen LogP contribution is 2.21. The average Bonchev–Trinajstić information content (AvgIpc) is 2.41. The summed E-state index contributed by atoms with van der Waals surface area (Å²) in [4.78, 5) is 33.8. The quantitative estimate of drug-likeness (QED) is 0.439. The fourth-order valence-electron chi connectivity index (χ4n) is 2.60. The van der Waals surface area contributed by atoms with Crippen molar-refractivity contribution in [1.82, 2.24) is 5.32 Å². The highest BCUT2D eigenvalue weighted by molar-refractivity contribution is 6.02. The van der Waals surface area contributed by atoms with E-state index in [2.05, 4.69) is 5.32 Å². The first-order chi connectivity index (χ1) is 10.0. The molecule has 0 aromatic rings. The van der Waals surface area contributed by atoms with Crippen LogP contribution < -0.4 is 5.32 Å². The molecule has 6 nitrogen and oxygen atoms in total. The molecule has 0 saturated heterocycles. The Morgan fingerprint density at radius 3 is 2.48 bits per heavy atom. The lowest BCUT2D eigenvalue weighted by atomic mass is 9.84. The van der Waals surface area contributed by atoms with Crippen LogP contribution in [-0.4, -0.2) is 40.5 Å². The van der Waals surface area contributed by atoms with Gasteiger partial charge < -0.3 is 15.5 Å². The van der Waals surface area contributed by atoms with Gasteiger partial charge in [-0.15, -0.1) is 0 Å². The van der Waals surface area contributed by atoms with Crippen LogP contribution in [0.4, 0.5) is 0 Å². The molecule has 0 aliphatic heterocycles. The van der Waals surface area contributed by atoms with Gasteiger partial charge in [-0.2, -0.15) is 0 Å². The minimum Gasteiger partial charge on any atom is -0.481 e. The summed E-state index contributed by atoms with van der Waals surface area (Å²) in [5, 5.41) is 20.9. The van der Waals surface area contributed by atoms with Gasteiger partial charge in [0.15, 0.2) is 0 Å². The maximum Gasteiger partial charge on any atom is 0.303 e. The van der Waals surface area contributed by atoms with Gasteiger partial charge in [0.1, 0.15) is 11.7 Å². The molecule has 1 saturated carbocycles. The lowest BCUT2D eigenvalue weighted by Gasteiger charge is -2.25. The normalized spacial score (nSPS) is 22.0. The van der Waals surface area contributed by atoms with E-state index >= 15 is 0 Å². The molecule has 0 bridgehead atoms. The number of nitrogens with one attached hydrogen (secondary N) is 1. The first kappa shape index (κ1) is 17.6. The molecule has 0 heterocycles. The van der Waals surface area contributed by atoms with Crippen molar-refractivity contribution in [3.8, 4) is 0 Å². The van der Waals surface area contributed by atoms with Crippen molar-refractivity contribution in [2.24, 2.45) is 5.92 Å². The Kier molecular flexibility index (Phi) is 7.97. The second-order valence-electron chi connectivity index (χ2n) is 5.61. The molecular weight excluding hydrogens is 274 g/mol. The van der Waals surface area contributed by atoms with Crippen LogP contribution in [0.25, 0.3) is 0 Å². The third-order valence-corrected chi connectivity index (χ3v) is 3.80. The Labute approximate surface area is 124 Å². The number of rotatable bonds is 9. The number of Topliss-reactive ketones (excluding diaryl/α,β-unsaturated/α-hetero) is 1. The number of carboxylic acids is 1. The molecule has 2 unspecified atom stereocenters. The van der Waals surface area contributed by atoms with Gasteiger partial charge in [-0.1, -0.05) is 19.3 Å². The number of hydrogen-bond acceptors (Lipinski definition) is 4. The predicted molar refractivity (Wildman–Crippen MR) is 76.7 cm³/mol. The number of ketones is 1. The monoisotopic (exact) mass is 299 g/mol. The summed E-state index contributed by atoms with van der Waals surface area (Å²) < 4.78 is 0. The molecule has 2 atom stereocenters. The van der Waals surface area contributed by atoms with Crippen LogP contribution in [0.15, 0.2) is 0 Å². The average molecular weight is 299 g/mol. The van der Waals surface area contributed by atoms with Gasteiger partial charge in [-0.05, 0) is 25.7 Å². The van der Waals surface area contributed by atoms with E-state index in [1.807, 2.05) is 0 Å². The summed E-state index contributed by atoms with van der Waals surface area (Å²) in [5.74, 6) is -2.19. The van der Waals surface area contributed by atoms with Crippen molar-refractivity contribution in [3.63, 3.8) is 0 Å². The highest BCUT2D eigenvalue weighted by atomic mass is 16.4. The highest BCUT2D eigenvalue weighted by Gasteiger charge is 2.35. The fraction of sp³-hybridized carbons (Fsp3) is 0.800. The third kappa shape index (κ3) is 6.71. The number of carbonyl (C=O) groups excluding carboxylic acids is 2. The van der Waals surface area contributed by atoms with Crippen LogP contribution in [0.5, 0.6) is 0 Å². The van der Waals surface area contributed by atoms with Gasteiger partial charge in [0, 0.05) is 19.4 Å². The van der Waals surface area contributed by atoms with E-state index in [0.717, 1.165) is 25.7 Å². The van der Waals surface area contributed by atoms with E-state index in [-0.39, 0.29) is 18.1 Å². The molecule has 1 amide bonds. The van der Waals surface area contributed by atoms with Crippen molar-refractivity contribution >= 4 is 17.7 Å². The van der Waals surface area contributed by atoms with Gasteiger partial charge in [0.25, 0.3) is 0 Å². The number of aliphatic hydroxyl groups is 1. The number of hydrogen-bond donors (Lipinski definition) is 3. The molecule has 1 aliphatic carbocycles. The minimum absolute atomic E-state index is 0.167. The van der Waals surface area contributed by atoms with E-state index in [1.165, 1.54) is 0 Å². The van der Waals surface area contributed by atoms with Gasteiger partial charge in [-0.3, -0.25) is 14.4 Å². The molecule has 1 fully saturated rings. The molecule has 21 heavy (non-hydrogen) atoms. The van der Waals surface area contributed by atoms with Crippen molar-refractivity contribution < 1.29 is 24.6 Å². The molecule has 0 radical (unpaired) electrons. The molecule has 0 aromatic carbocycles. The standard InChI is InChI=1S/C15H25NO5/c17-11-7-6-8-12(18)14(11)15(21)16-10-5-3-1-2-4-9-13(19)20/h11,14,17H,1-10H2,(H,16,21)(H,19,20). The van der Waals surface area contributed by atoms with E-state index in [1.54, 1.807) is 0 Å². The van der Waals surface area contributed by atoms with Gasteiger partial charge in [-0.25, -0.2) is 0 Å². The zero-order chi connectivity index (χ0) is 15.7. The van der Waals surface area contributed by atoms with E-state index in [4.69, 9.17) is 5.11 Å². The lowest BCUT2D eigenvalue weighted by molar-refractivity contribution is -0.141. The Balaban J connectivity index is 2.08. The SMILES string of the molecule is O=C(O)CCCCCCCNC(=O)C1C(=O)CCCC1O. The number of aliphatic carboxylic acids is 1. The summed E-state index contributed by atoms with van der Waals surface area (Å²) in [6, 6.07) is 0. The molecule has 1 aliphatic rings. The van der Waals surface area contributed by atoms with Crippen molar-refractivity contribution in [1.29, 1.82) is 0 Å². The minimum atomic E-state index is -0.894. The van der Waals surface area contributed by atoms with Crippen LogP contribution in [-0.2, 0) is 14.4 Å². The van der Waals surface area contributed by atoms with E-state index < -0.39 is 18.0 Å². The second kappa shape index (κ2) is 9.50. The Hall–Kier alpha value is -1.43. The van der Waals surface area contributed by atoms with Crippen molar-refractivity contribution in [2.45, 2.75) is 63.9 Å². The first-order valence-electron chi connectivity index (χ1n) is 7.72. The molecule has 1 rings (SSSR count). The molecule has 0 spiro atoms. The number of unbranched alkanes of at least 4 members (excludes halogenated alkanes) is 4. The molecule has 3 N–H and O–H groups in total. The number of aliphatic hydroxyl groups excluding tert-OH is 1. The largest absolute Gasteiger partial charge is 0.481 e. The van der Waals surface area contributed by atoms with Crippen molar-refractivity contribution in [3.05, 3.63) is 0 Å².